The van der Waals surface area contributed by atoms with Gasteiger partial charge in [-0.1, -0.05) is 0 Å². The van der Waals surface area contributed by atoms with Gasteiger partial charge in [0.2, 0.25) is 0 Å². The van der Waals surface area contributed by atoms with E-state index in [4.69, 9.17) is 16.2 Å². The first-order chi connectivity index (χ1) is 7.16. The van der Waals surface area contributed by atoms with Crippen LogP contribution in [-0.2, 0) is 0 Å². The van der Waals surface area contributed by atoms with Crippen LogP contribution in [0.5, 0.6) is 0 Å². The second kappa shape index (κ2) is 5.72. The number of aromatic nitrogens is 1. The maximum absolute atomic E-state index is 8.68. The lowest BCUT2D eigenvalue weighted by Crippen LogP contribution is -2.15. The van der Waals surface area contributed by atoms with Gasteiger partial charge in [0.05, 0.1) is 5.56 Å². The van der Waals surface area contributed by atoms with E-state index in [1.807, 2.05) is 13.0 Å². The van der Waals surface area contributed by atoms with E-state index in [1.54, 1.807) is 6.20 Å². The highest BCUT2D eigenvalue weighted by molar-refractivity contribution is 7.99. The van der Waals surface area contributed by atoms with Gasteiger partial charge in [-0.15, -0.1) is 11.8 Å². The van der Waals surface area contributed by atoms with Gasteiger partial charge >= 0.3 is 0 Å². The summed E-state index contributed by atoms with van der Waals surface area (Å²) in [6, 6.07) is 1.84. The summed E-state index contributed by atoms with van der Waals surface area (Å²) in [4.78, 5) is 4.19. The van der Waals surface area contributed by atoms with Crippen molar-refractivity contribution < 1.29 is 5.11 Å². The van der Waals surface area contributed by atoms with Crippen LogP contribution < -0.4 is 5.73 Å². The fourth-order valence-electron chi connectivity index (χ4n) is 1.20. The molecule has 0 unspecified atom stereocenters. The molecule has 1 aromatic rings. The van der Waals surface area contributed by atoms with E-state index in [-0.39, 0.29) is 12.4 Å². The molecule has 0 aliphatic rings. The van der Waals surface area contributed by atoms with Gasteiger partial charge in [0, 0.05) is 18.6 Å². The molecule has 0 saturated carbocycles. The Morgan fingerprint density at radius 1 is 1.67 bits per heavy atom. The molecule has 0 atom stereocenters. The van der Waals surface area contributed by atoms with Gasteiger partial charge in [0.25, 0.3) is 0 Å². The van der Waals surface area contributed by atoms with Crippen LogP contribution in [-0.4, -0.2) is 28.3 Å². The molecule has 82 valence electrons. The molecule has 4 nitrogen and oxygen atoms in total. The fraction of sp³-hybridized carbons (Fsp3) is 0.400. The highest BCUT2D eigenvalue weighted by atomic mass is 32.2. The maximum atomic E-state index is 8.68. The van der Waals surface area contributed by atoms with Crippen molar-refractivity contribution in [2.75, 3.05) is 12.4 Å². The van der Waals surface area contributed by atoms with Crippen LogP contribution in [0.15, 0.2) is 17.3 Å². The van der Waals surface area contributed by atoms with Gasteiger partial charge < -0.3 is 10.8 Å². The van der Waals surface area contributed by atoms with Crippen molar-refractivity contribution in [2.24, 2.45) is 5.73 Å². The Morgan fingerprint density at radius 3 is 3.00 bits per heavy atom. The predicted octanol–water partition coefficient (Wildman–Crippen LogP) is 1.15. The third kappa shape index (κ3) is 3.21. The summed E-state index contributed by atoms with van der Waals surface area (Å²) in [5.74, 6) is 0.833. The normalized spacial score (nSPS) is 10.3. The molecule has 0 aromatic carbocycles. The zero-order valence-electron chi connectivity index (χ0n) is 8.66. The Kier molecular flexibility index (Phi) is 4.58. The first kappa shape index (κ1) is 12.0. The highest BCUT2D eigenvalue weighted by Gasteiger charge is 2.09. The molecular weight excluding hydrogens is 210 g/mol. The molecule has 1 aromatic heterocycles. The molecule has 0 saturated heterocycles. The van der Waals surface area contributed by atoms with Crippen LogP contribution >= 0.6 is 11.8 Å². The van der Waals surface area contributed by atoms with Gasteiger partial charge in [-0.25, -0.2) is 4.98 Å². The quantitative estimate of drug-likeness (QED) is 0.304. The number of nitrogens with zero attached hydrogens (tertiary/aromatic N) is 1. The second-order valence-electron chi connectivity index (χ2n) is 3.15. The van der Waals surface area contributed by atoms with Gasteiger partial charge in [0.15, 0.2) is 0 Å². The van der Waals surface area contributed by atoms with Gasteiger partial charge in [0.1, 0.15) is 10.9 Å². The van der Waals surface area contributed by atoms with Crippen LogP contribution in [0.25, 0.3) is 0 Å². The average Bonchev–Trinajstić information content (AvgIpc) is 2.17. The number of hydrogen-bond donors (Lipinski definition) is 3. The molecule has 0 amide bonds. The number of amidine groups is 1. The number of rotatable bonds is 5. The lowest BCUT2D eigenvalue weighted by atomic mass is 10.1. The summed E-state index contributed by atoms with van der Waals surface area (Å²) < 4.78 is 0. The molecule has 4 N–H and O–H groups in total. The summed E-state index contributed by atoms with van der Waals surface area (Å²) in [6.45, 7) is 2.09. The Morgan fingerprint density at radius 2 is 2.40 bits per heavy atom. The first-order valence-corrected chi connectivity index (χ1v) is 5.69. The monoisotopic (exact) mass is 225 g/mol. The molecule has 0 spiro atoms. The summed E-state index contributed by atoms with van der Waals surface area (Å²) in [7, 11) is 0. The summed E-state index contributed by atoms with van der Waals surface area (Å²) in [6.07, 6.45) is 2.43. The van der Waals surface area contributed by atoms with E-state index in [2.05, 4.69) is 4.98 Å². The third-order valence-corrected chi connectivity index (χ3v) is 3.01. The topological polar surface area (TPSA) is 83.0 Å². The lowest BCUT2D eigenvalue weighted by Gasteiger charge is -2.08. The number of nitrogens with two attached hydrogens (primary N) is 1. The summed E-state index contributed by atoms with van der Waals surface area (Å²) in [5, 5.41) is 16.9. The Bertz CT molecular complexity index is 355. The molecule has 0 aliphatic heterocycles. The molecule has 1 heterocycles. The van der Waals surface area contributed by atoms with Crippen LogP contribution in [0.3, 0.4) is 0 Å². The summed E-state index contributed by atoms with van der Waals surface area (Å²) >= 11 is 1.52. The van der Waals surface area contributed by atoms with Crippen molar-refractivity contribution in [3.8, 4) is 0 Å². The zero-order valence-corrected chi connectivity index (χ0v) is 9.47. The van der Waals surface area contributed by atoms with Crippen molar-refractivity contribution in [3.05, 3.63) is 23.4 Å². The minimum Gasteiger partial charge on any atom is -0.396 e. The van der Waals surface area contributed by atoms with E-state index < -0.39 is 0 Å². The van der Waals surface area contributed by atoms with Crippen LogP contribution in [0.2, 0.25) is 0 Å². The van der Waals surface area contributed by atoms with Gasteiger partial charge in [-0.2, -0.15) is 0 Å². The lowest BCUT2D eigenvalue weighted by molar-refractivity contribution is 0.296. The van der Waals surface area contributed by atoms with E-state index in [0.29, 0.717) is 5.56 Å². The molecule has 0 aliphatic carbocycles. The van der Waals surface area contributed by atoms with Crippen molar-refractivity contribution in [1.29, 1.82) is 5.41 Å². The van der Waals surface area contributed by atoms with E-state index in [1.165, 1.54) is 11.8 Å². The molecular formula is C10H15N3OS. The number of hydrogen-bond acceptors (Lipinski definition) is 4. The van der Waals surface area contributed by atoms with Gasteiger partial charge in [-0.05, 0) is 25.0 Å². The van der Waals surface area contributed by atoms with Crippen LogP contribution in [0, 0.1) is 12.3 Å². The van der Waals surface area contributed by atoms with E-state index in [0.717, 1.165) is 22.8 Å². The number of pyridine rings is 1. The van der Waals surface area contributed by atoms with Gasteiger partial charge in [-0.3, -0.25) is 5.41 Å². The molecule has 0 radical (unpaired) electrons. The molecule has 0 fully saturated rings. The zero-order chi connectivity index (χ0) is 11.3. The van der Waals surface area contributed by atoms with Crippen LogP contribution in [0.1, 0.15) is 17.5 Å². The second-order valence-corrected chi connectivity index (χ2v) is 4.23. The number of nitrogens with one attached hydrogen (secondary N) is 1. The Balaban J connectivity index is 2.86. The van der Waals surface area contributed by atoms with Crippen LogP contribution in [0.4, 0.5) is 0 Å². The summed E-state index contributed by atoms with van der Waals surface area (Å²) in [5.41, 5.74) is 7.17. The number of aliphatic hydroxyl groups excluding tert-OH is 1. The Hall–Kier alpha value is -1.07. The fourth-order valence-corrected chi connectivity index (χ4v) is 2.22. The minimum atomic E-state index is 0.0482. The van der Waals surface area contributed by atoms with Crippen molar-refractivity contribution in [3.63, 3.8) is 0 Å². The number of aliphatic hydroxyl groups is 1. The number of thioether (sulfide) groups is 1. The largest absolute Gasteiger partial charge is 0.396 e. The van der Waals surface area contributed by atoms with E-state index in [9.17, 15) is 0 Å². The predicted molar refractivity (Wildman–Crippen MR) is 62.4 cm³/mol. The minimum absolute atomic E-state index is 0.0482. The molecule has 1 rings (SSSR count). The van der Waals surface area contributed by atoms with E-state index >= 15 is 0 Å². The molecule has 0 bridgehead atoms. The average molecular weight is 225 g/mol. The number of aryl methyl sites for hydroxylation is 1. The number of nitrogen functional groups attached to an aromatic ring is 1. The Labute approximate surface area is 93.4 Å². The maximum Gasteiger partial charge on any atom is 0.125 e. The standard InChI is InChI=1S/C10H15N3OS/c1-7-3-4-13-10(8(7)9(11)12)15-6-2-5-14/h3-4,14H,2,5-6H2,1H3,(H3,11,12). The van der Waals surface area contributed by atoms with Crippen molar-refractivity contribution in [2.45, 2.75) is 18.4 Å². The SMILES string of the molecule is Cc1ccnc(SCCCO)c1C(=N)N. The van der Waals surface area contributed by atoms with Crippen molar-refractivity contribution in [1.82, 2.24) is 4.98 Å². The van der Waals surface area contributed by atoms with Crippen molar-refractivity contribution >= 4 is 17.6 Å². The smallest absolute Gasteiger partial charge is 0.125 e. The highest BCUT2D eigenvalue weighted by Crippen LogP contribution is 2.22. The first-order valence-electron chi connectivity index (χ1n) is 4.70. The third-order valence-electron chi connectivity index (χ3n) is 1.94. The molecule has 5 heteroatoms. The molecule has 15 heavy (non-hydrogen) atoms.